The number of nitrogens with zero attached hydrogens (tertiary/aromatic N) is 2. The standard InChI is InChI=1S/C16H15ClN2O3/c1-10-2-4-13(9-14(10)17)19-18-12-5-6-15(20)11(8-12)3-7-16(21)22/h2,4-6,8-9,20H,3,7H2,1H3,(H,21,22). The molecule has 0 amide bonds. The van der Waals surface area contributed by atoms with Crippen LogP contribution in [0.15, 0.2) is 46.6 Å². The van der Waals surface area contributed by atoms with Gasteiger partial charge in [-0.2, -0.15) is 10.2 Å². The van der Waals surface area contributed by atoms with Crippen molar-refractivity contribution in [3.63, 3.8) is 0 Å². The smallest absolute Gasteiger partial charge is 0.303 e. The van der Waals surface area contributed by atoms with Gasteiger partial charge in [-0.25, -0.2) is 0 Å². The number of hydrogen-bond donors (Lipinski definition) is 2. The van der Waals surface area contributed by atoms with E-state index in [1.54, 1.807) is 24.3 Å². The molecule has 2 aromatic rings. The van der Waals surface area contributed by atoms with Crippen molar-refractivity contribution in [2.75, 3.05) is 0 Å². The van der Waals surface area contributed by atoms with E-state index in [9.17, 15) is 9.90 Å². The number of phenols is 1. The molecule has 2 aromatic carbocycles. The van der Waals surface area contributed by atoms with E-state index in [1.807, 2.05) is 13.0 Å². The Balaban J connectivity index is 2.18. The fraction of sp³-hybridized carbons (Fsp3) is 0.188. The number of aliphatic carboxylic acids is 1. The highest BCUT2D eigenvalue weighted by atomic mass is 35.5. The lowest BCUT2D eigenvalue weighted by molar-refractivity contribution is -0.136. The fourth-order valence-electron chi connectivity index (χ4n) is 1.84. The molecule has 0 aliphatic heterocycles. The van der Waals surface area contributed by atoms with Crippen molar-refractivity contribution in [1.82, 2.24) is 0 Å². The average molecular weight is 319 g/mol. The molecule has 0 saturated carbocycles. The molecule has 0 fully saturated rings. The van der Waals surface area contributed by atoms with Crippen molar-refractivity contribution in [1.29, 1.82) is 0 Å². The molecule has 6 heteroatoms. The number of carboxylic acid groups (broad SMARTS) is 1. The second-order valence-electron chi connectivity index (χ2n) is 4.84. The monoisotopic (exact) mass is 318 g/mol. The average Bonchev–Trinajstić information content (AvgIpc) is 2.48. The molecule has 0 heterocycles. The van der Waals surface area contributed by atoms with E-state index in [0.717, 1.165) is 5.56 Å². The highest BCUT2D eigenvalue weighted by molar-refractivity contribution is 6.31. The zero-order chi connectivity index (χ0) is 16.1. The molecule has 0 spiro atoms. The Morgan fingerprint density at radius 2 is 1.77 bits per heavy atom. The number of azo groups is 1. The SMILES string of the molecule is Cc1ccc(N=Nc2ccc(O)c(CCC(=O)O)c2)cc1Cl. The van der Waals surface area contributed by atoms with Crippen molar-refractivity contribution < 1.29 is 15.0 Å². The molecule has 0 atom stereocenters. The van der Waals surface area contributed by atoms with Crippen LogP contribution in [0.4, 0.5) is 11.4 Å². The van der Waals surface area contributed by atoms with Crippen molar-refractivity contribution >= 4 is 28.9 Å². The number of hydrogen-bond acceptors (Lipinski definition) is 4. The van der Waals surface area contributed by atoms with Gasteiger partial charge in [-0.1, -0.05) is 17.7 Å². The van der Waals surface area contributed by atoms with Crippen molar-refractivity contribution in [3.8, 4) is 5.75 Å². The highest BCUT2D eigenvalue weighted by Gasteiger charge is 2.06. The normalized spacial score (nSPS) is 11.0. The zero-order valence-corrected chi connectivity index (χ0v) is 12.7. The predicted molar refractivity (Wildman–Crippen MR) is 84.4 cm³/mol. The fourth-order valence-corrected chi connectivity index (χ4v) is 2.01. The van der Waals surface area contributed by atoms with E-state index in [-0.39, 0.29) is 18.6 Å². The van der Waals surface area contributed by atoms with Gasteiger partial charge in [0.05, 0.1) is 11.4 Å². The van der Waals surface area contributed by atoms with E-state index in [1.165, 1.54) is 6.07 Å². The summed E-state index contributed by atoms with van der Waals surface area (Å²) in [5.41, 5.74) is 2.65. The van der Waals surface area contributed by atoms with Crippen LogP contribution in [-0.2, 0) is 11.2 Å². The Hall–Kier alpha value is -2.40. The van der Waals surface area contributed by atoms with Crippen LogP contribution >= 0.6 is 11.6 Å². The number of carboxylic acids is 1. The molecule has 0 aliphatic carbocycles. The minimum absolute atomic E-state index is 0.0538. The molecular weight excluding hydrogens is 304 g/mol. The molecule has 22 heavy (non-hydrogen) atoms. The molecule has 2 rings (SSSR count). The van der Waals surface area contributed by atoms with E-state index >= 15 is 0 Å². The van der Waals surface area contributed by atoms with Gasteiger partial charge in [0.15, 0.2) is 0 Å². The molecular formula is C16H15ClN2O3. The first-order valence-electron chi connectivity index (χ1n) is 6.67. The van der Waals surface area contributed by atoms with Crippen LogP contribution < -0.4 is 0 Å². The first-order chi connectivity index (χ1) is 10.5. The van der Waals surface area contributed by atoms with Gasteiger partial charge in [-0.3, -0.25) is 4.79 Å². The molecule has 114 valence electrons. The second kappa shape index (κ2) is 7.04. The molecule has 0 saturated heterocycles. The third-order valence-corrected chi connectivity index (χ3v) is 3.51. The van der Waals surface area contributed by atoms with Crippen molar-refractivity contribution in [2.24, 2.45) is 10.2 Å². The van der Waals surface area contributed by atoms with Crippen LogP contribution in [0.3, 0.4) is 0 Å². The number of benzene rings is 2. The summed E-state index contributed by atoms with van der Waals surface area (Å²) in [5, 5.41) is 27.2. The highest BCUT2D eigenvalue weighted by Crippen LogP contribution is 2.27. The third kappa shape index (κ3) is 4.30. The summed E-state index contributed by atoms with van der Waals surface area (Å²) < 4.78 is 0. The van der Waals surface area contributed by atoms with Crippen molar-refractivity contribution in [2.45, 2.75) is 19.8 Å². The number of aromatic hydroxyl groups is 1. The van der Waals surface area contributed by atoms with Gasteiger partial charge in [0.2, 0.25) is 0 Å². The maximum absolute atomic E-state index is 10.6. The van der Waals surface area contributed by atoms with Gasteiger partial charge in [0.1, 0.15) is 5.75 Å². The topological polar surface area (TPSA) is 82.2 Å². The minimum Gasteiger partial charge on any atom is -0.508 e. The van der Waals surface area contributed by atoms with E-state index in [2.05, 4.69) is 10.2 Å². The number of aryl methyl sites for hydroxylation is 2. The van der Waals surface area contributed by atoms with Gasteiger partial charge in [0.25, 0.3) is 0 Å². The van der Waals surface area contributed by atoms with Crippen LogP contribution in [0, 0.1) is 6.92 Å². The van der Waals surface area contributed by atoms with E-state index < -0.39 is 5.97 Å². The molecule has 2 N–H and O–H groups in total. The molecule has 0 bridgehead atoms. The largest absolute Gasteiger partial charge is 0.508 e. The number of rotatable bonds is 5. The summed E-state index contributed by atoms with van der Waals surface area (Å²) in [6.45, 7) is 1.90. The Bertz CT molecular complexity index is 729. The maximum atomic E-state index is 10.6. The first-order valence-corrected chi connectivity index (χ1v) is 7.05. The summed E-state index contributed by atoms with van der Waals surface area (Å²) in [6, 6.07) is 10.1. The molecule has 5 nitrogen and oxygen atoms in total. The van der Waals surface area contributed by atoms with Gasteiger partial charge >= 0.3 is 5.97 Å². The van der Waals surface area contributed by atoms with Crippen LogP contribution in [0.25, 0.3) is 0 Å². The summed E-state index contributed by atoms with van der Waals surface area (Å²) in [5.74, 6) is -0.862. The van der Waals surface area contributed by atoms with Crippen LogP contribution in [0.1, 0.15) is 17.5 Å². The number of carbonyl (C=O) groups is 1. The van der Waals surface area contributed by atoms with E-state index in [4.69, 9.17) is 16.7 Å². The molecule has 0 aliphatic rings. The Morgan fingerprint density at radius 1 is 1.14 bits per heavy atom. The minimum atomic E-state index is -0.916. The predicted octanol–water partition coefficient (Wildman–Crippen LogP) is 4.79. The zero-order valence-electron chi connectivity index (χ0n) is 12.0. The summed E-state index contributed by atoms with van der Waals surface area (Å²) in [4.78, 5) is 10.6. The van der Waals surface area contributed by atoms with Gasteiger partial charge in [-0.05, 0) is 54.8 Å². The summed E-state index contributed by atoms with van der Waals surface area (Å²) in [6.07, 6.45) is 0.183. The Morgan fingerprint density at radius 3 is 2.41 bits per heavy atom. The lowest BCUT2D eigenvalue weighted by atomic mass is 10.1. The van der Waals surface area contributed by atoms with Crippen LogP contribution in [0.2, 0.25) is 5.02 Å². The quantitative estimate of drug-likeness (QED) is 0.778. The number of phenolic OH excluding ortho intramolecular Hbond substituents is 1. The number of halogens is 1. The Labute approximate surface area is 132 Å². The summed E-state index contributed by atoms with van der Waals surface area (Å²) in [7, 11) is 0. The molecule has 0 radical (unpaired) electrons. The Kier molecular flexibility index (Phi) is 5.12. The lowest BCUT2D eigenvalue weighted by Gasteiger charge is -2.03. The lowest BCUT2D eigenvalue weighted by Crippen LogP contribution is -1.97. The van der Waals surface area contributed by atoms with E-state index in [0.29, 0.717) is 22.0 Å². The van der Waals surface area contributed by atoms with Gasteiger partial charge in [-0.15, -0.1) is 0 Å². The second-order valence-corrected chi connectivity index (χ2v) is 5.25. The third-order valence-electron chi connectivity index (χ3n) is 3.11. The van der Waals surface area contributed by atoms with Crippen molar-refractivity contribution in [3.05, 3.63) is 52.5 Å². The van der Waals surface area contributed by atoms with Gasteiger partial charge in [0, 0.05) is 11.4 Å². The maximum Gasteiger partial charge on any atom is 0.303 e. The van der Waals surface area contributed by atoms with Crippen LogP contribution in [-0.4, -0.2) is 16.2 Å². The van der Waals surface area contributed by atoms with Gasteiger partial charge < -0.3 is 10.2 Å². The molecule has 0 aromatic heterocycles. The molecule has 0 unspecified atom stereocenters. The summed E-state index contributed by atoms with van der Waals surface area (Å²) >= 11 is 6.02. The van der Waals surface area contributed by atoms with Crippen LogP contribution in [0.5, 0.6) is 5.75 Å². The first kappa shape index (κ1) is 16.0.